The Kier molecular flexibility index (Phi) is 6.09. The molecule has 1 saturated heterocycles. The number of ether oxygens (including phenoxy) is 1. The lowest BCUT2D eigenvalue weighted by Gasteiger charge is -2.31. The van der Waals surface area contributed by atoms with Crippen LogP contribution in [0.1, 0.15) is 44.4 Å². The number of likely N-dealkylation sites (tertiary alicyclic amines) is 1. The SMILES string of the molecule is CCCCNC(=O)N1CCC[C@@H](c2nc(-c3ccc(OC)cc3)no2)C1. The van der Waals surface area contributed by atoms with Gasteiger partial charge in [0.15, 0.2) is 0 Å². The number of hydrogen-bond acceptors (Lipinski definition) is 5. The second-order valence-corrected chi connectivity index (χ2v) is 6.56. The highest BCUT2D eigenvalue weighted by Gasteiger charge is 2.28. The summed E-state index contributed by atoms with van der Waals surface area (Å²) < 4.78 is 10.7. The van der Waals surface area contributed by atoms with Gasteiger partial charge >= 0.3 is 6.03 Å². The Morgan fingerprint density at radius 3 is 2.92 bits per heavy atom. The number of aromatic nitrogens is 2. The van der Waals surface area contributed by atoms with Crippen LogP contribution in [0.2, 0.25) is 0 Å². The fourth-order valence-corrected chi connectivity index (χ4v) is 3.11. The highest BCUT2D eigenvalue weighted by atomic mass is 16.5. The second kappa shape index (κ2) is 8.69. The fraction of sp³-hybridized carbons (Fsp3) is 0.526. The number of nitrogens with one attached hydrogen (secondary N) is 1. The largest absolute Gasteiger partial charge is 0.497 e. The Hall–Kier alpha value is -2.57. The van der Waals surface area contributed by atoms with Crippen molar-refractivity contribution in [3.05, 3.63) is 30.2 Å². The first-order valence-electron chi connectivity index (χ1n) is 9.22. The molecule has 0 radical (unpaired) electrons. The van der Waals surface area contributed by atoms with Crippen LogP contribution in [0.25, 0.3) is 11.4 Å². The highest BCUT2D eigenvalue weighted by molar-refractivity contribution is 5.74. The van der Waals surface area contributed by atoms with Crippen LogP contribution in [0.4, 0.5) is 4.79 Å². The van der Waals surface area contributed by atoms with E-state index in [-0.39, 0.29) is 11.9 Å². The van der Waals surface area contributed by atoms with Crippen molar-refractivity contribution < 1.29 is 14.1 Å². The number of nitrogens with zero attached hydrogens (tertiary/aromatic N) is 3. The maximum atomic E-state index is 12.3. The first-order chi connectivity index (χ1) is 12.7. The number of amides is 2. The van der Waals surface area contributed by atoms with Gasteiger partial charge in [0.1, 0.15) is 5.75 Å². The summed E-state index contributed by atoms with van der Waals surface area (Å²) in [6.07, 6.45) is 3.95. The average molecular weight is 358 g/mol. The van der Waals surface area contributed by atoms with Gasteiger partial charge in [0, 0.05) is 25.2 Å². The molecule has 0 saturated carbocycles. The highest BCUT2D eigenvalue weighted by Crippen LogP contribution is 2.28. The van der Waals surface area contributed by atoms with Gasteiger partial charge in [-0.3, -0.25) is 0 Å². The summed E-state index contributed by atoms with van der Waals surface area (Å²) in [7, 11) is 1.63. The molecule has 0 unspecified atom stereocenters. The molecule has 0 bridgehead atoms. The van der Waals surface area contributed by atoms with E-state index < -0.39 is 0 Å². The van der Waals surface area contributed by atoms with Crippen LogP contribution in [0.15, 0.2) is 28.8 Å². The number of piperidine rings is 1. The molecule has 0 spiro atoms. The van der Waals surface area contributed by atoms with Crippen molar-refractivity contribution in [3.63, 3.8) is 0 Å². The molecule has 7 nitrogen and oxygen atoms in total. The number of urea groups is 1. The molecule has 0 aliphatic carbocycles. The van der Waals surface area contributed by atoms with Gasteiger partial charge in [-0.2, -0.15) is 4.98 Å². The standard InChI is InChI=1S/C19H26N4O3/c1-3-4-11-20-19(24)23-12-5-6-15(13-23)18-21-17(22-26-18)14-7-9-16(25-2)10-8-14/h7-10,15H,3-6,11-13H2,1-2H3,(H,20,24)/t15-/m1/s1. The molecule has 1 aromatic carbocycles. The zero-order valence-electron chi connectivity index (χ0n) is 15.4. The minimum Gasteiger partial charge on any atom is -0.497 e. The van der Waals surface area contributed by atoms with Gasteiger partial charge in [0.2, 0.25) is 11.7 Å². The maximum Gasteiger partial charge on any atom is 0.317 e. The van der Waals surface area contributed by atoms with Crippen LogP contribution >= 0.6 is 0 Å². The minimum absolute atomic E-state index is 0.00181. The lowest BCUT2D eigenvalue weighted by molar-refractivity contribution is 0.172. The Morgan fingerprint density at radius 2 is 2.19 bits per heavy atom. The summed E-state index contributed by atoms with van der Waals surface area (Å²) in [5, 5.41) is 7.08. The topological polar surface area (TPSA) is 80.5 Å². The maximum absolute atomic E-state index is 12.3. The van der Waals surface area contributed by atoms with Gasteiger partial charge in [-0.15, -0.1) is 0 Å². The summed E-state index contributed by atoms with van der Waals surface area (Å²) in [4.78, 5) is 18.7. The Bertz CT molecular complexity index is 714. The van der Waals surface area contributed by atoms with Crippen LogP contribution in [-0.4, -0.2) is 47.8 Å². The van der Waals surface area contributed by atoms with E-state index in [9.17, 15) is 4.79 Å². The second-order valence-electron chi connectivity index (χ2n) is 6.56. The third kappa shape index (κ3) is 4.33. The molecule has 7 heteroatoms. The summed E-state index contributed by atoms with van der Waals surface area (Å²) in [6.45, 7) is 4.22. The van der Waals surface area contributed by atoms with E-state index in [1.807, 2.05) is 29.2 Å². The van der Waals surface area contributed by atoms with E-state index in [0.29, 0.717) is 18.3 Å². The van der Waals surface area contributed by atoms with Crippen molar-refractivity contribution in [2.45, 2.75) is 38.5 Å². The van der Waals surface area contributed by atoms with Gasteiger partial charge in [0.25, 0.3) is 0 Å². The molecule has 140 valence electrons. The van der Waals surface area contributed by atoms with Crippen LogP contribution in [0.5, 0.6) is 5.75 Å². The molecular weight excluding hydrogens is 332 g/mol. The fourth-order valence-electron chi connectivity index (χ4n) is 3.11. The van der Waals surface area contributed by atoms with Crippen molar-refractivity contribution in [1.29, 1.82) is 0 Å². The van der Waals surface area contributed by atoms with Gasteiger partial charge in [0.05, 0.1) is 13.0 Å². The van der Waals surface area contributed by atoms with Crippen molar-refractivity contribution in [2.75, 3.05) is 26.7 Å². The van der Waals surface area contributed by atoms with E-state index in [0.717, 1.165) is 50.1 Å². The number of methoxy groups -OCH3 is 1. The van der Waals surface area contributed by atoms with Crippen molar-refractivity contribution in [3.8, 4) is 17.1 Å². The third-order valence-electron chi connectivity index (χ3n) is 4.65. The molecule has 1 atom stereocenters. The van der Waals surface area contributed by atoms with Crippen LogP contribution < -0.4 is 10.1 Å². The van der Waals surface area contributed by atoms with Gasteiger partial charge < -0.3 is 19.5 Å². The van der Waals surface area contributed by atoms with E-state index >= 15 is 0 Å². The lowest BCUT2D eigenvalue weighted by Crippen LogP contribution is -2.45. The first kappa shape index (κ1) is 18.2. The van der Waals surface area contributed by atoms with E-state index in [1.54, 1.807) is 7.11 Å². The number of carbonyl (C=O) groups excluding carboxylic acids is 1. The number of unbranched alkanes of at least 4 members (excludes halogenated alkanes) is 1. The first-order valence-corrected chi connectivity index (χ1v) is 9.22. The molecule has 3 rings (SSSR count). The Balaban J connectivity index is 1.63. The molecule has 2 aromatic rings. The molecule has 2 heterocycles. The van der Waals surface area contributed by atoms with Gasteiger partial charge in [-0.25, -0.2) is 4.79 Å². The summed E-state index contributed by atoms with van der Waals surface area (Å²) >= 11 is 0. The molecule has 1 N–H and O–H groups in total. The average Bonchev–Trinajstić information content (AvgIpc) is 3.18. The van der Waals surface area contributed by atoms with Crippen LogP contribution in [0, 0.1) is 0 Å². The Labute approximate surface area is 153 Å². The summed E-state index contributed by atoms with van der Waals surface area (Å²) in [5.74, 6) is 2.03. The molecule has 1 fully saturated rings. The quantitative estimate of drug-likeness (QED) is 0.800. The van der Waals surface area contributed by atoms with Crippen molar-refractivity contribution in [2.24, 2.45) is 0 Å². The van der Waals surface area contributed by atoms with Crippen LogP contribution in [-0.2, 0) is 0 Å². The van der Waals surface area contributed by atoms with Crippen molar-refractivity contribution >= 4 is 6.03 Å². The third-order valence-corrected chi connectivity index (χ3v) is 4.65. The minimum atomic E-state index is -0.00181. The molecular formula is C19H26N4O3. The lowest BCUT2D eigenvalue weighted by atomic mass is 9.98. The molecule has 1 aliphatic rings. The predicted octanol–water partition coefficient (Wildman–Crippen LogP) is 3.43. The van der Waals surface area contributed by atoms with Gasteiger partial charge in [-0.1, -0.05) is 18.5 Å². The summed E-state index contributed by atoms with van der Waals surface area (Å²) in [6, 6.07) is 7.55. The molecule has 2 amide bonds. The summed E-state index contributed by atoms with van der Waals surface area (Å²) in [5.41, 5.74) is 0.880. The van der Waals surface area contributed by atoms with E-state index in [1.165, 1.54) is 0 Å². The van der Waals surface area contributed by atoms with E-state index in [4.69, 9.17) is 9.26 Å². The molecule has 26 heavy (non-hydrogen) atoms. The smallest absolute Gasteiger partial charge is 0.317 e. The predicted molar refractivity (Wildman–Crippen MR) is 98.1 cm³/mol. The molecule has 1 aliphatic heterocycles. The monoisotopic (exact) mass is 358 g/mol. The number of benzene rings is 1. The number of hydrogen-bond donors (Lipinski definition) is 1. The zero-order valence-corrected chi connectivity index (χ0v) is 15.4. The Morgan fingerprint density at radius 1 is 1.38 bits per heavy atom. The molecule has 1 aromatic heterocycles. The van der Waals surface area contributed by atoms with Crippen LogP contribution in [0.3, 0.4) is 0 Å². The zero-order chi connectivity index (χ0) is 18.4. The van der Waals surface area contributed by atoms with Gasteiger partial charge in [-0.05, 0) is 43.5 Å². The normalized spacial score (nSPS) is 17.2. The van der Waals surface area contributed by atoms with Crippen molar-refractivity contribution in [1.82, 2.24) is 20.4 Å². The number of carbonyl (C=O) groups is 1. The number of rotatable bonds is 6. The van der Waals surface area contributed by atoms with E-state index in [2.05, 4.69) is 22.4 Å².